The molecule has 0 bridgehead atoms. The molecule has 0 fully saturated rings. The number of thiophene rings is 1. The maximum Gasteiger partial charge on any atom is 0.339 e. The molecular formula is C18H11BrClNO3S. The third-order valence-electron chi connectivity index (χ3n) is 3.47. The van der Waals surface area contributed by atoms with Crippen LogP contribution in [0.4, 0.5) is 5.00 Å². The maximum absolute atomic E-state index is 12.4. The molecule has 3 rings (SSSR count). The smallest absolute Gasteiger partial charge is 0.339 e. The zero-order chi connectivity index (χ0) is 18.0. The van der Waals surface area contributed by atoms with Gasteiger partial charge in [-0.2, -0.15) is 0 Å². The quantitative estimate of drug-likeness (QED) is 0.544. The van der Waals surface area contributed by atoms with Gasteiger partial charge in [0.05, 0.1) is 0 Å². The Hall–Kier alpha value is -2.15. The average Bonchev–Trinajstić information content (AvgIpc) is 2.99. The highest BCUT2D eigenvalue weighted by Gasteiger charge is 2.21. The summed E-state index contributed by atoms with van der Waals surface area (Å²) >= 11 is 10.5. The van der Waals surface area contributed by atoms with Gasteiger partial charge in [0.1, 0.15) is 10.6 Å². The van der Waals surface area contributed by atoms with E-state index in [4.69, 9.17) is 11.6 Å². The molecule has 0 saturated heterocycles. The molecule has 0 aliphatic rings. The van der Waals surface area contributed by atoms with Gasteiger partial charge >= 0.3 is 5.97 Å². The van der Waals surface area contributed by atoms with E-state index in [1.165, 1.54) is 11.3 Å². The second-order valence-electron chi connectivity index (χ2n) is 5.13. The summed E-state index contributed by atoms with van der Waals surface area (Å²) in [5.74, 6) is -1.48. The van der Waals surface area contributed by atoms with E-state index in [0.29, 0.717) is 21.7 Å². The van der Waals surface area contributed by atoms with Crippen LogP contribution in [0.2, 0.25) is 5.02 Å². The number of anilines is 1. The molecule has 4 nitrogen and oxygen atoms in total. The van der Waals surface area contributed by atoms with Crippen LogP contribution < -0.4 is 5.32 Å². The first-order valence-electron chi connectivity index (χ1n) is 7.13. The third kappa shape index (κ3) is 3.92. The van der Waals surface area contributed by atoms with Gasteiger partial charge < -0.3 is 10.4 Å². The van der Waals surface area contributed by atoms with Gasteiger partial charge in [0.15, 0.2) is 0 Å². The zero-order valence-electron chi connectivity index (χ0n) is 12.6. The van der Waals surface area contributed by atoms with E-state index in [9.17, 15) is 14.7 Å². The van der Waals surface area contributed by atoms with Gasteiger partial charge in [-0.3, -0.25) is 4.79 Å². The Kier molecular flexibility index (Phi) is 5.22. The molecule has 0 aliphatic heterocycles. The highest BCUT2D eigenvalue weighted by atomic mass is 79.9. The van der Waals surface area contributed by atoms with Crippen molar-refractivity contribution in [3.05, 3.63) is 74.5 Å². The van der Waals surface area contributed by atoms with E-state index in [1.54, 1.807) is 53.9 Å². The number of halogens is 2. The molecule has 1 aromatic heterocycles. The molecule has 0 aliphatic carbocycles. The summed E-state index contributed by atoms with van der Waals surface area (Å²) in [5.41, 5.74) is 1.70. The topological polar surface area (TPSA) is 66.4 Å². The van der Waals surface area contributed by atoms with Crippen LogP contribution >= 0.6 is 38.9 Å². The van der Waals surface area contributed by atoms with Crippen molar-refractivity contribution in [1.82, 2.24) is 0 Å². The standard InChI is InChI=1S/C18H11BrClNO3S/c19-12-6-4-10(5-7-12)16(22)21-17-15(18(23)24)14(9-25-17)11-2-1-3-13(20)8-11/h1-9H,(H,21,22)(H,23,24). The normalized spacial score (nSPS) is 10.5. The minimum Gasteiger partial charge on any atom is -0.478 e. The van der Waals surface area contributed by atoms with Crippen molar-refractivity contribution in [3.63, 3.8) is 0 Å². The first-order valence-corrected chi connectivity index (χ1v) is 9.18. The second-order valence-corrected chi connectivity index (χ2v) is 7.36. The van der Waals surface area contributed by atoms with E-state index in [2.05, 4.69) is 21.2 Å². The van der Waals surface area contributed by atoms with E-state index in [-0.39, 0.29) is 16.5 Å². The fourth-order valence-corrected chi connectivity index (χ4v) is 3.72. The Morgan fingerprint density at radius 1 is 1.12 bits per heavy atom. The number of carbonyl (C=O) groups is 2. The molecule has 1 heterocycles. The number of hydrogen-bond acceptors (Lipinski definition) is 3. The lowest BCUT2D eigenvalue weighted by Gasteiger charge is -2.06. The van der Waals surface area contributed by atoms with Crippen LogP contribution in [0.15, 0.2) is 58.4 Å². The molecule has 3 aromatic rings. The molecule has 7 heteroatoms. The molecule has 0 atom stereocenters. The summed E-state index contributed by atoms with van der Waals surface area (Å²) in [7, 11) is 0. The Balaban J connectivity index is 1.96. The summed E-state index contributed by atoms with van der Waals surface area (Å²) in [4.78, 5) is 24.1. The number of benzene rings is 2. The van der Waals surface area contributed by atoms with Crippen molar-refractivity contribution in [2.24, 2.45) is 0 Å². The second kappa shape index (κ2) is 7.39. The van der Waals surface area contributed by atoms with Crippen LogP contribution in [0.1, 0.15) is 20.7 Å². The number of aromatic carboxylic acids is 1. The van der Waals surface area contributed by atoms with E-state index < -0.39 is 5.97 Å². The fourth-order valence-electron chi connectivity index (χ4n) is 2.31. The number of nitrogens with one attached hydrogen (secondary N) is 1. The maximum atomic E-state index is 12.4. The summed E-state index contributed by atoms with van der Waals surface area (Å²) in [6.07, 6.45) is 0. The number of amides is 1. The van der Waals surface area contributed by atoms with Crippen molar-refractivity contribution in [2.45, 2.75) is 0 Å². The minimum absolute atomic E-state index is 0.0535. The molecule has 0 unspecified atom stereocenters. The fraction of sp³-hybridized carbons (Fsp3) is 0. The largest absolute Gasteiger partial charge is 0.478 e. The summed E-state index contributed by atoms with van der Waals surface area (Å²) in [6.45, 7) is 0. The number of carbonyl (C=O) groups excluding carboxylic acids is 1. The van der Waals surface area contributed by atoms with E-state index in [1.807, 2.05) is 0 Å². The molecule has 2 N–H and O–H groups in total. The molecule has 0 saturated carbocycles. The Labute approximate surface area is 161 Å². The lowest BCUT2D eigenvalue weighted by atomic mass is 10.0. The number of rotatable bonds is 4. The molecule has 126 valence electrons. The first kappa shape index (κ1) is 17.7. The average molecular weight is 437 g/mol. The van der Waals surface area contributed by atoms with Gasteiger partial charge in [-0.25, -0.2) is 4.79 Å². The van der Waals surface area contributed by atoms with Crippen molar-refractivity contribution in [3.8, 4) is 11.1 Å². The van der Waals surface area contributed by atoms with Crippen LogP contribution in [0, 0.1) is 0 Å². The van der Waals surface area contributed by atoms with Gasteiger partial charge in [-0.15, -0.1) is 11.3 Å². The van der Waals surface area contributed by atoms with Gasteiger partial charge in [-0.05, 0) is 42.0 Å². The zero-order valence-corrected chi connectivity index (χ0v) is 15.8. The Bertz CT molecular complexity index is 953. The van der Waals surface area contributed by atoms with Gasteiger partial charge in [0, 0.05) is 26.0 Å². The summed E-state index contributed by atoms with van der Waals surface area (Å²) in [5, 5.41) is 14.8. The van der Waals surface area contributed by atoms with Crippen LogP contribution in [-0.2, 0) is 0 Å². The highest BCUT2D eigenvalue weighted by molar-refractivity contribution is 9.10. The van der Waals surface area contributed by atoms with Gasteiger partial charge in [0.25, 0.3) is 5.91 Å². The monoisotopic (exact) mass is 435 g/mol. The Morgan fingerprint density at radius 3 is 2.48 bits per heavy atom. The summed E-state index contributed by atoms with van der Waals surface area (Å²) in [6, 6.07) is 13.8. The van der Waals surface area contributed by atoms with Gasteiger partial charge in [-0.1, -0.05) is 39.7 Å². The Morgan fingerprint density at radius 2 is 1.84 bits per heavy atom. The van der Waals surface area contributed by atoms with Crippen molar-refractivity contribution >= 4 is 55.7 Å². The van der Waals surface area contributed by atoms with E-state index >= 15 is 0 Å². The lowest BCUT2D eigenvalue weighted by Crippen LogP contribution is -2.13. The SMILES string of the molecule is O=C(Nc1scc(-c2cccc(Cl)c2)c1C(=O)O)c1ccc(Br)cc1. The van der Waals surface area contributed by atoms with Crippen LogP contribution in [0.25, 0.3) is 11.1 Å². The van der Waals surface area contributed by atoms with Crippen molar-refractivity contribution in [1.29, 1.82) is 0 Å². The predicted octanol–water partition coefficient (Wildman–Crippen LogP) is 5.78. The lowest BCUT2D eigenvalue weighted by molar-refractivity contribution is 0.0699. The minimum atomic E-state index is -1.11. The highest BCUT2D eigenvalue weighted by Crippen LogP contribution is 2.36. The summed E-state index contributed by atoms with van der Waals surface area (Å²) < 4.78 is 0.856. The molecule has 0 spiro atoms. The number of hydrogen-bond donors (Lipinski definition) is 2. The first-order chi connectivity index (χ1) is 12.0. The van der Waals surface area contributed by atoms with Crippen LogP contribution in [0.3, 0.4) is 0 Å². The molecule has 0 radical (unpaired) electrons. The van der Waals surface area contributed by atoms with Crippen LogP contribution in [0.5, 0.6) is 0 Å². The molecule has 2 aromatic carbocycles. The molecular weight excluding hydrogens is 426 g/mol. The van der Waals surface area contributed by atoms with Gasteiger partial charge in [0.2, 0.25) is 0 Å². The molecule has 25 heavy (non-hydrogen) atoms. The van der Waals surface area contributed by atoms with Crippen molar-refractivity contribution in [2.75, 3.05) is 5.32 Å². The van der Waals surface area contributed by atoms with E-state index in [0.717, 1.165) is 4.47 Å². The van der Waals surface area contributed by atoms with Crippen LogP contribution in [-0.4, -0.2) is 17.0 Å². The number of carboxylic acids is 1. The number of carboxylic acid groups (broad SMARTS) is 1. The third-order valence-corrected chi connectivity index (χ3v) is 5.13. The molecule has 1 amide bonds. The van der Waals surface area contributed by atoms with Crippen molar-refractivity contribution < 1.29 is 14.7 Å². The predicted molar refractivity (Wildman–Crippen MR) is 104 cm³/mol.